The number of benzene rings is 3. The number of amides is 1. The van der Waals surface area contributed by atoms with Crippen molar-refractivity contribution in [1.29, 1.82) is 0 Å². The van der Waals surface area contributed by atoms with E-state index in [0.717, 1.165) is 11.3 Å². The molecule has 30 heavy (non-hydrogen) atoms. The quantitative estimate of drug-likeness (QED) is 0.622. The maximum Gasteiger partial charge on any atom is 0.407 e. The highest BCUT2D eigenvalue weighted by atomic mass is 16.5. The molecule has 0 saturated carbocycles. The molecule has 1 aliphatic carbocycles. The first kappa shape index (κ1) is 20.0. The van der Waals surface area contributed by atoms with Crippen LogP contribution in [0.4, 0.5) is 4.79 Å². The largest absolute Gasteiger partial charge is 0.497 e. The predicted molar refractivity (Wildman–Crippen MR) is 116 cm³/mol. The van der Waals surface area contributed by atoms with Crippen LogP contribution in [0.2, 0.25) is 0 Å². The SMILES string of the molecule is COc1cccc(C[C@@H](CO)NC(=O)OCC2c3ccccc3-c3ccccc32)c1. The number of fused-ring (bicyclic) bond motifs is 3. The Hall–Kier alpha value is -3.31. The second-order valence-electron chi connectivity index (χ2n) is 7.41. The third-order valence-corrected chi connectivity index (χ3v) is 5.50. The van der Waals surface area contributed by atoms with Gasteiger partial charge >= 0.3 is 6.09 Å². The topological polar surface area (TPSA) is 67.8 Å². The highest BCUT2D eigenvalue weighted by Crippen LogP contribution is 2.44. The number of alkyl carbamates (subject to hydrolysis) is 1. The van der Waals surface area contributed by atoms with Gasteiger partial charge < -0.3 is 19.9 Å². The lowest BCUT2D eigenvalue weighted by atomic mass is 9.98. The molecule has 0 aliphatic heterocycles. The maximum absolute atomic E-state index is 12.4. The van der Waals surface area contributed by atoms with Crippen LogP contribution >= 0.6 is 0 Å². The fourth-order valence-corrected chi connectivity index (χ4v) is 4.05. The predicted octanol–water partition coefficient (Wildman–Crippen LogP) is 4.14. The summed E-state index contributed by atoms with van der Waals surface area (Å²) >= 11 is 0. The molecule has 5 nitrogen and oxygen atoms in total. The zero-order valence-corrected chi connectivity index (χ0v) is 16.9. The van der Waals surface area contributed by atoms with Gasteiger partial charge in [-0.05, 0) is 46.4 Å². The van der Waals surface area contributed by atoms with Gasteiger partial charge in [-0.2, -0.15) is 0 Å². The average Bonchev–Trinajstić information content (AvgIpc) is 3.11. The van der Waals surface area contributed by atoms with Crippen LogP contribution in [0.5, 0.6) is 5.75 Å². The molecular weight excluding hydrogens is 378 g/mol. The molecule has 0 aromatic heterocycles. The van der Waals surface area contributed by atoms with E-state index in [1.54, 1.807) is 7.11 Å². The maximum atomic E-state index is 12.4. The smallest absolute Gasteiger partial charge is 0.407 e. The standard InChI is InChI=1S/C25H25NO4/c1-29-19-8-6-7-17(14-19)13-18(15-27)26-25(28)30-16-24-22-11-4-2-9-20(22)21-10-3-5-12-23(21)24/h2-12,14,18,24,27H,13,15-16H2,1H3,(H,26,28)/t18-/m0/s1. The van der Waals surface area contributed by atoms with Crippen molar-refractivity contribution in [2.75, 3.05) is 20.3 Å². The summed E-state index contributed by atoms with van der Waals surface area (Å²) in [5.74, 6) is 0.749. The Bertz CT molecular complexity index is 987. The van der Waals surface area contributed by atoms with Gasteiger partial charge in [0.1, 0.15) is 12.4 Å². The average molecular weight is 403 g/mol. The normalized spacial score (nSPS) is 13.3. The van der Waals surface area contributed by atoms with Gasteiger partial charge in [0.15, 0.2) is 0 Å². The summed E-state index contributed by atoms with van der Waals surface area (Å²) in [5.41, 5.74) is 5.68. The van der Waals surface area contributed by atoms with Gasteiger partial charge in [-0.15, -0.1) is 0 Å². The van der Waals surface area contributed by atoms with Crippen molar-refractivity contribution in [3.63, 3.8) is 0 Å². The highest BCUT2D eigenvalue weighted by molar-refractivity contribution is 5.79. The highest BCUT2D eigenvalue weighted by Gasteiger charge is 2.29. The molecule has 1 atom stereocenters. The third kappa shape index (κ3) is 4.16. The van der Waals surface area contributed by atoms with Crippen molar-refractivity contribution >= 4 is 6.09 Å². The number of nitrogens with one attached hydrogen (secondary N) is 1. The molecule has 3 aromatic rings. The number of carbonyl (C=O) groups is 1. The Morgan fingerprint density at radius 1 is 1.00 bits per heavy atom. The fraction of sp³-hybridized carbons (Fsp3) is 0.240. The van der Waals surface area contributed by atoms with Crippen LogP contribution in [0.1, 0.15) is 22.6 Å². The summed E-state index contributed by atoms with van der Waals surface area (Å²) in [7, 11) is 1.61. The van der Waals surface area contributed by atoms with E-state index < -0.39 is 12.1 Å². The summed E-state index contributed by atoms with van der Waals surface area (Å²) in [6.45, 7) is 0.0680. The minimum absolute atomic E-state index is 0.00844. The lowest BCUT2D eigenvalue weighted by molar-refractivity contribution is 0.132. The van der Waals surface area contributed by atoms with Crippen LogP contribution in [-0.2, 0) is 11.2 Å². The molecule has 154 valence electrons. The molecule has 1 amide bonds. The van der Waals surface area contributed by atoms with E-state index in [2.05, 4.69) is 29.6 Å². The molecule has 0 bridgehead atoms. The zero-order chi connectivity index (χ0) is 20.9. The molecule has 5 heteroatoms. The lowest BCUT2D eigenvalue weighted by Crippen LogP contribution is -2.39. The Morgan fingerprint density at radius 3 is 2.30 bits per heavy atom. The van der Waals surface area contributed by atoms with Crippen LogP contribution in [0.15, 0.2) is 72.8 Å². The third-order valence-electron chi connectivity index (χ3n) is 5.50. The molecule has 4 rings (SSSR count). The molecule has 1 aliphatic rings. The molecule has 2 N–H and O–H groups in total. The van der Waals surface area contributed by atoms with Gasteiger partial charge in [0, 0.05) is 5.92 Å². The van der Waals surface area contributed by atoms with Gasteiger partial charge in [0.2, 0.25) is 0 Å². The number of aliphatic hydroxyl groups is 1. The summed E-state index contributed by atoms with van der Waals surface area (Å²) in [5, 5.41) is 12.5. The molecule has 0 saturated heterocycles. The van der Waals surface area contributed by atoms with Gasteiger partial charge in [-0.1, -0.05) is 60.7 Å². The van der Waals surface area contributed by atoms with Gasteiger partial charge in [-0.25, -0.2) is 4.79 Å². The van der Waals surface area contributed by atoms with E-state index in [4.69, 9.17) is 9.47 Å². The Labute approximate surface area is 176 Å². The van der Waals surface area contributed by atoms with Crippen LogP contribution in [0, 0.1) is 0 Å². The summed E-state index contributed by atoms with van der Waals surface area (Å²) in [6, 6.07) is 23.6. The van der Waals surface area contributed by atoms with E-state index in [1.807, 2.05) is 48.5 Å². The molecule has 0 spiro atoms. The fourth-order valence-electron chi connectivity index (χ4n) is 4.05. The minimum Gasteiger partial charge on any atom is -0.497 e. The van der Waals surface area contributed by atoms with Crippen molar-refractivity contribution in [3.05, 3.63) is 89.5 Å². The number of aliphatic hydroxyl groups excluding tert-OH is 1. The second-order valence-corrected chi connectivity index (χ2v) is 7.41. The van der Waals surface area contributed by atoms with Gasteiger partial charge in [0.05, 0.1) is 19.8 Å². The summed E-state index contributed by atoms with van der Waals surface area (Å²) in [4.78, 5) is 12.4. The van der Waals surface area contributed by atoms with E-state index in [9.17, 15) is 9.90 Å². The number of ether oxygens (including phenoxy) is 2. The molecule has 0 unspecified atom stereocenters. The summed E-state index contributed by atoms with van der Waals surface area (Å²) < 4.78 is 10.8. The van der Waals surface area contributed by atoms with Crippen molar-refractivity contribution in [1.82, 2.24) is 5.32 Å². The first-order chi connectivity index (χ1) is 14.7. The van der Waals surface area contributed by atoms with Crippen molar-refractivity contribution < 1.29 is 19.4 Å². The first-order valence-electron chi connectivity index (χ1n) is 10.0. The first-order valence-corrected chi connectivity index (χ1v) is 10.0. The zero-order valence-electron chi connectivity index (χ0n) is 16.9. The molecule has 3 aromatic carbocycles. The van der Waals surface area contributed by atoms with E-state index in [-0.39, 0.29) is 19.1 Å². The molecular formula is C25H25NO4. The number of hydrogen-bond donors (Lipinski definition) is 2. The van der Waals surface area contributed by atoms with Gasteiger partial charge in [-0.3, -0.25) is 0 Å². The Morgan fingerprint density at radius 2 is 1.67 bits per heavy atom. The van der Waals surface area contributed by atoms with E-state index in [0.29, 0.717) is 6.42 Å². The van der Waals surface area contributed by atoms with Crippen LogP contribution < -0.4 is 10.1 Å². The Balaban J connectivity index is 1.39. The lowest BCUT2D eigenvalue weighted by Gasteiger charge is -2.19. The number of hydrogen-bond acceptors (Lipinski definition) is 4. The summed E-state index contributed by atoms with van der Waals surface area (Å²) in [6.07, 6.45) is -0.0449. The Kier molecular flexibility index (Phi) is 6.00. The van der Waals surface area contributed by atoms with Crippen LogP contribution in [-0.4, -0.2) is 37.6 Å². The molecule has 0 heterocycles. The second kappa shape index (κ2) is 9.01. The molecule has 0 radical (unpaired) electrons. The van der Waals surface area contributed by atoms with Crippen LogP contribution in [0.3, 0.4) is 0 Å². The monoisotopic (exact) mass is 403 g/mol. The molecule has 0 fully saturated rings. The van der Waals surface area contributed by atoms with Crippen molar-refractivity contribution in [2.45, 2.75) is 18.4 Å². The van der Waals surface area contributed by atoms with Gasteiger partial charge in [0.25, 0.3) is 0 Å². The minimum atomic E-state index is -0.529. The van der Waals surface area contributed by atoms with Crippen LogP contribution in [0.25, 0.3) is 11.1 Å². The number of rotatable bonds is 7. The van der Waals surface area contributed by atoms with E-state index in [1.165, 1.54) is 22.3 Å². The number of carbonyl (C=O) groups excluding carboxylic acids is 1. The number of methoxy groups -OCH3 is 1. The van der Waals surface area contributed by atoms with E-state index >= 15 is 0 Å². The van der Waals surface area contributed by atoms with Crippen molar-refractivity contribution in [2.24, 2.45) is 0 Å². The van der Waals surface area contributed by atoms with Crippen molar-refractivity contribution in [3.8, 4) is 16.9 Å².